The third kappa shape index (κ3) is 3.49. The molecule has 20 heavy (non-hydrogen) atoms. The lowest BCUT2D eigenvalue weighted by atomic mass is 9.88. The molecule has 0 spiro atoms. The van der Waals surface area contributed by atoms with Crippen LogP contribution in [0.4, 0.5) is 5.69 Å². The summed E-state index contributed by atoms with van der Waals surface area (Å²) in [6, 6.07) is 3.20. The normalized spacial score (nSPS) is 22.6. The van der Waals surface area contributed by atoms with Crippen LogP contribution < -0.4 is 4.74 Å². The lowest BCUT2D eigenvalue weighted by Crippen LogP contribution is -2.25. The van der Waals surface area contributed by atoms with Gasteiger partial charge in [-0.3, -0.25) is 10.1 Å². The van der Waals surface area contributed by atoms with E-state index in [1.807, 2.05) is 0 Å². The third-order valence-corrected chi connectivity index (χ3v) is 4.41. The molecule has 1 aliphatic rings. The van der Waals surface area contributed by atoms with Crippen LogP contribution in [0.1, 0.15) is 31.2 Å². The molecule has 0 radical (unpaired) electrons. The number of aliphatic hydroxyl groups excluding tert-OH is 1. The largest absolute Gasteiger partial charge is 0.489 e. The van der Waals surface area contributed by atoms with Gasteiger partial charge in [-0.1, -0.05) is 0 Å². The average molecular weight is 344 g/mol. The van der Waals surface area contributed by atoms with Crippen LogP contribution in [0, 0.1) is 23.0 Å². The van der Waals surface area contributed by atoms with E-state index in [1.165, 1.54) is 6.07 Å². The van der Waals surface area contributed by atoms with E-state index in [1.54, 1.807) is 13.0 Å². The molecule has 0 amide bonds. The zero-order chi connectivity index (χ0) is 14.7. The Kier molecular flexibility index (Phi) is 4.99. The molecule has 6 heteroatoms. The van der Waals surface area contributed by atoms with Crippen molar-refractivity contribution in [3.63, 3.8) is 0 Å². The lowest BCUT2D eigenvalue weighted by molar-refractivity contribution is -0.385. The van der Waals surface area contributed by atoms with Gasteiger partial charge in [-0.2, -0.15) is 0 Å². The zero-order valence-electron chi connectivity index (χ0n) is 11.3. The van der Waals surface area contributed by atoms with Crippen molar-refractivity contribution < 1.29 is 14.8 Å². The smallest absolute Gasteiger partial charge is 0.273 e. The molecule has 1 aromatic carbocycles. The number of ether oxygens (including phenoxy) is 1. The molecular formula is C14H18BrNO4. The van der Waals surface area contributed by atoms with Crippen LogP contribution in [0.5, 0.6) is 5.75 Å². The number of rotatable bonds is 4. The topological polar surface area (TPSA) is 72.6 Å². The van der Waals surface area contributed by atoms with E-state index in [2.05, 4.69) is 15.9 Å². The number of hydrogen-bond acceptors (Lipinski definition) is 4. The van der Waals surface area contributed by atoms with E-state index in [4.69, 9.17) is 9.84 Å². The Morgan fingerprint density at radius 1 is 1.40 bits per heavy atom. The first kappa shape index (κ1) is 15.3. The maximum atomic E-state index is 10.9. The van der Waals surface area contributed by atoms with Crippen molar-refractivity contribution in [2.45, 2.75) is 38.7 Å². The summed E-state index contributed by atoms with van der Waals surface area (Å²) in [7, 11) is 0. The van der Waals surface area contributed by atoms with Crippen molar-refractivity contribution in [3.05, 3.63) is 32.3 Å². The van der Waals surface area contributed by atoms with E-state index in [0.29, 0.717) is 21.7 Å². The van der Waals surface area contributed by atoms with Crippen LogP contribution in [0.2, 0.25) is 0 Å². The molecular weight excluding hydrogens is 326 g/mol. The van der Waals surface area contributed by atoms with E-state index in [-0.39, 0.29) is 18.4 Å². The summed E-state index contributed by atoms with van der Waals surface area (Å²) in [5.41, 5.74) is 0.686. The highest BCUT2D eigenvalue weighted by atomic mass is 79.9. The fraction of sp³-hybridized carbons (Fsp3) is 0.571. The highest BCUT2D eigenvalue weighted by molar-refractivity contribution is 9.10. The molecule has 0 saturated heterocycles. The molecule has 0 aromatic heterocycles. The second-order valence-electron chi connectivity index (χ2n) is 5.27. The first-order chi connectivity index (χ1) is 9.51. The summed E-state index contributed by atoms with van der Waals surface area (Å²) in [6.45, 7) is 1.95. The first-order valence-electron chi connectivity index (χ1n) is 6.73. The second kappa shape index (κ2) is 6.54. The number of benzene rings is 1. The lowest BCUT2D eigenvalue weighted by Gasteiger charge is -2.28. The Labute approximate surface area is 126 Å². The molecule has 1 N–H and O–H groups in total. The predicted octanol–water partition coefficient (Wildman–Crippen LogP) is 3.60. The summed E-state index contributed by atoms with van der Waals surface area (Å²) in [5.74, 6) is 1.04. The minimum atomic E-state index is -0.393. The molecule has 0 atom stereocenters. The summed E-state index contributed by atoms with van der Waals surface area (Å²) in [6.07, 6.45) is 3.87. The first-order valence-corrected chi connectivity index (χ1v) is 7.52. The van der Waals surface area contributed by atoms with Gasteiger partial charge in [0.2, 0.25) is 0 Å². The molecule has 1 aliphatic carbocycles. The maximum absolute atomic E-state index is 10.9. The van der Waals surface area contributed by atoms with Crippen LogP contribution in [-0.4, -0.2) is 22.7 Å². The van der Waals surface area contributed by atoms with Gasteiger partial charge in [0.1, 0.15) is 5.75 Å². The predicted molar refractivity (Wildman–Crippen MR) is 79.0 cm³/mol. The van der Waals surface area contributed by atoms with Gasteiger partial charge in [-0.05, 0) is 60.5 Å². The van der Waals surface area contributed by atoms with Gasteiger partial charge >= 0.3 is 0 Å². The molecule has 0 unspecified atom stereocenters. The molecule has 1 aromatic rings. The van der Waals surface area contributed by atoms with Gasteiger partial charge in [0.05, 0.1) is 15.5 Å². The van der Waals surface area contributed by atoms with Gasteiger partial charge in [0.25, 0.3) is 5.69 Å². The van der Waals surface area contributed by atoms with Crippen LogP contribution in [-0.2, 0) is 0 Å². The molecule has 1 saturated carbocycles. The molecule has 5 nitrogen and oxygen atoms in total. The van der Waals surface area contributed by atoms with Gasteiger partial charge in [-0.25, -0.2) is 0 Å². The van der Waals surface area contributed by atoms with Crippen molar-refractivity contribution in [1.82, 2.24) is 0 Å². The highest BCUT2D eigenvalue weighted by Gasteiger charge is 2.23. The molecule has 2 rings (SSSR count). The number of hydrogen-bond donors (Lipinski definition) is 1. The molecule has 0 heterocycles. The maximum Gasteiger partial charge on any atom is 0.273 e. The molecule has 1 fully saturated rings. The number of aliphatic hydroxyl groups is 1. The van der Waals surface area contributed by atoms with Crippen molar-refractivity contribution >= 4 is 21.6 Å². The Morgan fingerprint density at radius 3 is 2.60 bits per heavy atom. The number of nitro benzene ring substituents is 1. The average Bonchev–Trinajstić information content (AvgIpc) is 2.43. The van der Waals surface area contributed by atoms with E-state index >= 15 is 0 Å². The van der Waals surface area contributed by atoms with Crippen LogP contribution in [0.15, 0.2) is 16.6 Å². The Bertz CT molecular complexity index is 498. The second-order valence-corrected chi connectivity index (χ2v) is 6.12. The molecule has 0 bridgehead atoms. The summed E-state index contributed by atoms with van der Waals surface area (Å²) >= 11 is 3.33. The van der Waals surface area contributed by atoms with E-state index in [9.17, 15) is 10.1 Å². The van der Waals surface area contributed by atoms with E-state index < -0.39 is 4.92 Å². The number of nitro groups is 1. The van der Waals surface area contributed by atoms with Crippen LogP contribution in [0.25, 0.3) is 0 Å². The minimum absolute atomic E-state index is 0.0909. The number of nitrogens with zero attached hydrogens (tertiary/aromatic N) is 1. The molecule has 110 valence electrons. The van der Waals surface area contributed by atoms with Gasteiger partial charge in [0.15, 0.2) is 0 Å². The Hall–Kier alpha value is -1.14. The van der Waals surface area contributed by atoms with Crippen LogP contribution in [0.3, 0.4) is 0 Å². The fourth-order valence-electron chi connectivity index (χ4n) is 2.54. The summed E-state index contributed by atoms with van der Waals surface area (Å²) < 4.78 is 6.55. The Morgan fingerprint density at radius 2 is 2.05 bits per heavy atom. The number of halogens is 1. The zero-order valence-corrected chi connectivity index (χ0v) is 12.9. The van der Waals surface area contributed by atoms with E-state index in [0.717, 1.165) is 25.7 Å². The quantitative estimate of drug-likeness (QED) is 0.669. The minimum Gasteiger partial charge on any atom is -0.489 e. The van der Waals surface area contributed by atoms with Crippen molar-refractivity contribution in [2.24, 2.45) is 5.92 Å². The summed E-state index contributed by atoms with van der Waals surface area (Å²) in [5, 5.41) is 20.0. The highest BCUT2D eigenvalue weighted by Crippen LogP contribution is 2.35. The standard InChI is InChI=1S/C14H18BrNO4/c1-9-6-14(12(15)7-13(9)16(18)19)20-11-4-2-10(8-17)3-5-11/h6-7,10-11,17H,2-5,8H2,1H3. The van der Waals surface area contributed by atoms with Crippen LogP contribution >= 0.6 is 15.9 Å². The van der Waals surface area contributed by atoms with Gasteiger partial charge in [-0.15, -0.1) is 0 Å². The van der Waals surface area contributed by atoms with Crippen molar-refractivity contribution in [3.8, 4) is 5.75 Å². The third-order valence-electron chi connectivity index (χ3n) is 3.79. The fourth-order valence-corrected chi connectivity index (χ4v) is 2.97. The molecule has 0 aliphatic heterocycles. The summed E-state index contributed by atoms with van der Waals surface area (Å²) in [4.78, 5) is 10.5. The van der Waals surface area contributed by atoms with Crippen molar-refractivity contribution in [1.29, 1.82) is 0 Å². The van der Waals surface area contributed by atoms with Crippen molar-refractivity contribution in [2.75, 3.05) is 6.61 Å². The Balaban J connectivity index is 2.07. The number of aryl methyl sites for hydroxylation is 1. The van der Waals surface area contributed by atoms with Gasteiger partial charge in [0, 0.05) is 18.2 Å². The monoisotopic (exact) mass is 343 g/mol. The SMILES string of the molecule is Cc1cc(OC2CCC(CO)CC2)c(Br)cc1[N+](=O)[O-]. The van der Waals surface area contributed by atoms with Gasteiger partial charge < -0.3 is 9.84 Å².